The molecule has 1 fully saturated rings. The number of hydrogen-bond acceptors (Lipinski definition) is 5. The summed E-state index contributed by atoms with van der Waals surface area (Å²) in [5.41, 5.74) is -1.25. The highest BCUT2D eigenvalue weighted by Gasteiger charge is 2.44. The SMILES string of the molecule is Cc1ccc(Nc2c(C(=O)N3CC(O)(CNCCO)C3)ccc(F)c2F)c(F)c1. The average molecular weight is 409 g/mol. The number of amides is 1. The molecular formula is C20H22F3N3O3. The molecule has 2 aromatic carbocycles. The first-order valence-electron chi connectivity index (χ1n) is 9.08. The average Bonchev–Trinajstić information content (AvgIpc) is 2.65. The van der Waals surface area contributed by atoms with Crippen LogP contribution in [0.3, 0.4) is 0 Å². The Morgan fingerprint density at radius 1 is 1.17 bits per heavy atom. The van der Waals surface area contributed by atoms with Crippen LogP contribution in [0.25, 0.3) is 0 Å². The highest BCUT2D eigenvalue weighted by molar-refractivity contribution is 6.01. The third-order valence-corrected chi connectivity index (χ3v) is 4.71. The van der Waals surface area contributed by atoms with Crippen molar-refractivity contribution in [2.45, 2.75) is 12.5 Å². The fourth-order valence-corrected chi connectivity index (χ4v) is 3.20. The summed E-state index contributed by atoms with van der Waals surface area (Å²) >= 11 is 0. The number of aliphatic hydroxyl groups is 2. The minimum absolute atomic E-state index is 0.0123. The minimum Gasteiger partial charge on any atom is -0.395 e. The maximum atomic E-state index is 14.4. The summed E-state index contributed by atoms with van der Waals surface area (Å²) in [5, 5.41) is 24.4. The minimum atomic E-state index is -1.30. The number of benzene rings is 2. The second kappa shape index (κ2) is 8.40. The number of nitrogens with one attached hydrogen (secondary N) is 2. The molecule has 0 spiro atoms. The molecule has 4 N–H and O–H groups in total. The summed E-state index contributed by atoms with van der Waals surface area (Å²) in [7, 11) is 0. The van der Waals surface area contributed by atoms with Crippen molar-refractivity contribution in [3.8, 4) is 0 Å². The van der Waals surface area contributed by atoms with Gasteiger partial charge in [-0.1, -0.05) is 6.07 Å². The number of carbonyl (C=O) groups excluding carboxylic acids is 1. The van der Waals surface area contributed by atoms with Gasteiger partial charge in [-0.2, -0.15) is 0 Å². The number of carbonyl (C=O) groups is 1. The Morgan fingerprint density at radius 2 is 1.90 bits per heavy atom. The smallest absolute Gasteiger partial charge is 0.256 e. The summed E-state index contributed by atoms with van der Waals surface area (Å²) in [4.78, 5) is 14.1. The third kappa shape index (κ3) is 4.52. The van der Waals surface area contributed by atoms with Gasteiger partial charge in [0.25, 0.3) is 5.91 Å². The molecule has 0 aromatic heterocycles. The molecule has 0 bridgehead atoms. The largest absolute Gasteiger partial charge is 0.395 e. The first-order chi connectivity index (χ1) is 13.7. The molecule has 1 amide bonds. The van der Waals surface area contributed by atoms with E-state index in [1.54, 1.807) is 13.0 Å². The molecule has 1 aliphatic rings. The number of likely N-dealkylation sites (tertiary alicyclic amines) is 1. The Labute approximate surface area is 166 Å². The monoisotopic (exact) mass is 409 g/mol. The molecule has 0 saturated carbocycles. The summed E-state index contributed by atoms with van der Waals surface area (Å²) in [6, 6.07) is 6.15. The predicted octanol–water partition coefficient (Wildman–Crippen LogP) is 1.92. The lowest BCUT2D eigenvalue weighted by molar-refractivity contribution is -0.0787. The van der Waals surface area contributed by atoms with Crippen LogP contribution in [-0.4, -0.2) is 59.4 Å². The predicted molar refractivity (Wildman–Crippen MR) is 102 cm³/mol. The van der Waals surface area contributed by atoms with Crippen molar-refractivity contribution in [2.24, 2.45) is 0 Å². The van der Waals surface area contributed by atoms with Crippen LogP contribution in [0.2, 0.25) is 0 Å². The zero-order chi connectivity index (χ0) is 21.2. The third-order valence-electron chi connectivity index (χ3n) is 4.71. The fraction of sp³-hybridized carbons (Fsp3) is 0.350. The molecule has 0 radical (unpaired) electrons. The van der Waals surface area contributed by atoms with E-state index in [2.05, 4.69) is 10.6 Å². The maximum Gasteiger partial charge on any atom is 0.256 e. The molecule has 0 aliphatic carbocycles. The van der Waals surface area contributed by atoms with Crippen LogP contribution < -0.4 is 10.6 Å². The van der Waals surface area contributed by atoms with E-state index < -0.39 is 34.6 Å². The topological polar surface area (TPSA) is 84.8 Å². The molecule has 29 heavy (non-hydrogen) atoms. The Balaban J connectivity index is 1.81. The van der Waals surface area contributed by atoms with E-state index in [-0.39, 0.29) is 37.5 Å². The molecule has 1 aliphatic heterocycles. The number of nitrogens with zero attached hydrogens (tertiary/aromatic N) is 1. The molecule has 156 valence electrons. The number of anilines is 2. The van der Waals surface area contributed by atoms with E-state index in [1.165, 1.54) is 17.0 Å². The van der Waals surface area contributed by atoms with Crippen molar-refractivity contribution in [2.75, 3.05) is 38.1 Å². The fourth-order valence-electron chi connectivity index (χ4n) is 3.20. The highest BCUT2D eigenvalue weighted by atomic mass is 19.2. The van der Waals surface area contributed by atoms with Crippen LogP contribution in [0.15, 0.2) is 30.3 Å². The van der Waals surface area contributed by atoms with Gasteiger partial charge in [-0.05, 0) is 36.8 Å². The lowest BCUT2D eigenvalue weighted by atomic mass is 9.92. The van der Waals surface area contributed by atoms with Gasteiger partial charge in [-0.25, -0.2) is 13.2 Å². The van der Waals surface area contributed by atoms with E-state index in [9.17, 15) is 23.1 Å². The lowest BCUT2D eigenvalue weighted by Gasteiger charge is -2.46. The van der Waals surface area contributed by atoms with Gasteiger partial charge in [0.2, 0.25) is 0 Å². The molecular weight excluding hydrogens is 387 g/mol. The number of halogens is 3. The van der Waals surface area contributed by atoms with Crippen molar-refractivity contribution in [1.82, 2.24) is 10.2 Å². The van der Waals surface area contributed by atoms with Crippen LogP contribution >= 0.6 is 0 Å². The molecule has 1 heterocycles. The van der Waals surface area contributed by atoms with Gasteiger partial charge in [0, 0.05) is 13.1 Å². The second-order valence-corrected chi connectivity index (χ2v) is 7.18. The van der Waals surface area contributed by atoms with Crippen molar-refractivity contribution in [3.05, 3.63) is 58.9 Å². The van der Waals surface area contributed by atoms with Crippen molar-refractivity contribution < 1.29 is 28.2 Å². The van der Waals surface area contributed by atoms with Crippen LogP contribution in [0.4, 0.5) is 24.5 Å². The van der Waals surface area contributed by atoms with Gasteiger partial charge in [0.15, 0.2) is 11.6 Å². The molecule has 3 rings (SSSR count). The quantitative estimate of drug-likeness (QED) is 0.525. The first-order valence-corrected chi connectivity index (χ1v) is 9.08. The Morgan fingerprint density at radius 3 is 2.55 bits per heavy atom. The molecule has 1 saturated heterocycles. The zero-order valence-electron chi connectivity index (χ0n) is 15.8. The summed E-state index contributed by atoms with van der Waals surface area (Å²) < 4.78 is 42.4. The van der Waals surface area contributed by atoms with Crippen molar-refractivity contribution in [3.63, 3.8) is 0 Å². The maximum absolute atomic E-state index is 14.4. The van der Waals surface area contributed by atoms with Gasteiger partial charge in [0.05, 0.1) is 36.6 Å². The van der Waals surface area contributed by atoms with E-state index in [4.69, 9.17) is 5.11 Å². The van der Waals surface area contributed by atoms with Crippen LogP contribution in [0.5, 0.6) is 0 Å². The Bertz CT molecular complexity index is 917. The molecule has 9 heteroatoms. The first kappa shape index (κ1) is 21.1. The van der Waals surface area contributed by atoms with Crippen LogP contribution in [0, 0.1) is 24.4 Å². The van der Waals surface area contributed by atoms with Crippen molar-refractivity contribution >= 4 is 17.3 Å². The highest BCUT2D eigenvalue weighted by Crippen LogP contribution is 2.31. The molecule has 0 unspecified atom stereocenters. The van der Waals surface area contributed by atoms with Crippen LogP contribution in [0.1, 0.15) is 15.9 Å². The number of rotatable bonds is 7. The zero-order valence-corrected chi connectivity index (χ0v) is 15.8. The van der Waals surface area contributed by atoms with Gasteiger partial charge < -0.3 is 25.7 Å². The standard InChI is InChI=1S/C20H22F3N3O3/c1-12-2-5-16(15(22)8-12)25-18-13(3-4-14(21)17(18)23)19(28)26-10-20(29,11-26)9-24-6-7-27/h2-5,8,24-25,27,29H,6-7,9-11H2,1H3. The van der Waals surface area contributed by atoms with E-state index in [0.717, 1.165) is 12.1 Å². The number of hydrogen-bond donors (Lipinski definition) is 4. The molecule has 0 atom stereocenters. The van der Waals surface area contributed by atoms with Crippen LogP contribution in [-0.2, 0) is 0 Å². The number of β-amino-alcohol motifs (C(OH)–C–C–N with tert-alkyl or cyclic N) is 1. The van der Waals surface area contributed by atoms with Gasteiger partial charge in [-0.3, -0.25) is 4.79 Å². The summed E-state index contributed by atoms with van der Waals surface area (Å²) in [6.07, 6.45) is 0. The summed E-state index contributed by atoms with van der Waals surface area (Å²) in [5.74, 6) is -3.76. The van der Waals surface area contributed by atoms with E-state index in [0.29, 0.717) is 12.1 Å². The molecule has 6 nitrogen and oxygen atoms in total. The lowest BCUT2D eigenvalue weighted by Crippen LogP contribution is -2.67. The normalized spacial score (nSPS) is 15.2. The Hall–Kier alpha value is -2.62. The Kier molecular flexibility index (Phi) is 6.11. The van der Waals surface area contributed by atoms with Gasteiger partial charge in [0.1, 0.15) is 11.4 Å². The summed E-state index contributed by atoms with van der Waals surface area (Å²) in [6.45, 7) is 2.05. The van der Waals surface area contributed by atoms with Gasteiger partial charge in [-0.15, -0.1) is 0 Å². The van der Waals surface area contributed by atoms with Crippen molar-refractivity contribution in [1.29, 1.82) is 0 Å². The van der Waals surface area contributed by atoms with E-state index in [1.807, 2.05) is 0 Å². The number of aliphatic hydroxyl groups excluding tert-OH is 1. The second-order valence-electron chi connectivity index (χ2n) is 7.18. The number of aryl methyl sites for hydroxylation is 1. The van der Waals surface area contributed by atoms with Gasteiger partial charge >= 0.3 is 0 Å². The van der Waals surface area contributed by atoms with E-state index >= 15 is 0 Å². The molecule has 2 aromatic rings.